The molecule has 1 saturated heterocycles. The standard InChI is InChI=1S/C28H42N2O3/c1-17-9-19(25(31)21(11-17)27(3,4)5)13-29-23-15-33-16-24(23)30-14-20-10-18(2)12-22(26(20)32)28(6,7)8/h9-12,23-24,29-32H,13-16H2,1-8H3. The normalized spacial score (nSPS) is 19.3. The zero-order valence-corrected chi connectivity index (χ0v) is 21.6. The van der Waals surface area contributed by atoms with Crippen LogP contribution in [0.2, 0.25) is 0 Å². The molecule has 1 fully saturated rings. The summed E-state index contributed by atoms with van der Waals surface area (Å²) in [5, 5.41) is 28.9. The van der Waals surface area contributed by atoms with Crippen LogP contribution in [0.25, 0.3) is 0 Å². The van der Waals surface area contributed by atoms with E-state index in [9.17, 15) is 10.2 Å². The number of phenolic OH excluding ortho intramolecular Hbond substituents is 2. The maximum absolute atomic E-state index is 10.9. The molecule has 4 N–H and O–H groups in total. The summed E-state index contributed by atoms with van der Waals surface area (Å²) in [6, 6.07) is 8.49. The van der Waals surface area contributed by atoms with E-state index >= 15 is 0 Å². The summed E-state index contributed by atoms with van der Waals surface area (Å²) in [6.07, 6.45) is 0. The lowest BCUT2D eigenvalue weighted by Gasteiger charge is -2.25. The minimum Gasteiger partial charge on any atom is -0.507 e. The Morgan fingerprint density at radius 1 is 0.727 bits per heavy atom. The van der Waals surface area contributed by atoms with Crippen LogP contribution in [0, 0.1) is 13.8 Å². The fraction of sp³-hybridized carbons (Fsp3) is 0.571. The number of hydrogen-bond acceptors (Lipinski definition) is 5. The van der Waals surface area contributed by atoms with E-state index in [0.717, 1.165) is 33.4 Å². The van der Waals surface area contributed by atoms with Crippen molar-refractivity contribution in [1.82, 2.24) is 10.6 Å². The first-order valence-electron chi connectivity index (χ1n) is 12.0. The molecule has 5 heteroatoms. The van der Waals surface area contributed by atoms with Crippen LogP contribution in [0.4, 0.5) is 0 Å². The van der Waals surface area contributed by atoms with Crippen molar-refractivity contribution in [3.8, 4) is 11.5 Å². The van der Waals surface area contributed by atoms with E-state index in [1.807, 2.05) is 0 Å². The number of aromatic hydroxyl groups is 2. The number of phenols is 2. The van der Waals surface area contributed by atoms with Crippen molar-refractivity contribution in [2.45, 2.75) is 91.4 Å². The fourth-order valence-corrected chi connectivity index (χ4v) is 4.56. The molecule has 1 aliphatic rings. The minimum atomic E-state index is -0.118. The average molecular weight is 455 g/mol. The van der Waals surface area contributed by atoms with Gasteiger partial charge in [0.2, 0.25) is 0 Å². The molecule has 0 aromatic heterocycles. The Morgan fingerprint density at radius 2 is 1.09 bits per heavy atom. The van der Waals surface area contributed by atoms with Crippen LogP contribution in [0.5, 0.6) is 11.5 Å². The smallest absolute Gasteiger partial charge is 0.123 e. The second-order valence-electron chi connectivity index (χ2n) is 11.7. The van der Waals surface area contributed by atoms with Gasteiger partial charge in [-0.3, -0.25) is 0 Å². The molecule has 0 saturated carbocycles. The van der Waals surface area contributed by atoms with Crippen LogP contribution in [0.15, 0.2) is 24.3 Å². The molecule has 0 amide bonds. The number of rotatable bonds is 6. The number of nitrogens with one attached hydrogen (secondary N) is 2. The summed E-state index contributed by atoms with van der Waals surface area (Å²) < 4.78 is 5.76. The second kappa shape index (κ2) is 9.65. The van der Waals surface area contributed by atoms with E-state index in [1.165, 1.54) is 0 Å². The molecule has 0 bridgehead atoms. The topological polar surface area (TPSA) is 73.8 Å². The highest BCUT2D eigenvalue weighted by Gasteiger charge is 2.29. The molecule has 2 atom stereocenters. The summed E-state index contributed by atoms with van der Waals surface area (Å²) in [6.45, 7) is 19.2. The Kier molecular flexibility index (Phi) is 7.47. The first kappa shape index (κ1) is 25.5. The number of ether oxygens (including phenoxy) is 1. The Hall–Kier alpha value is -2.08. The first-order valence-corrected chi connectivity index (χ1v) is 12.0. The second-order valence-corrected chi connectivity index (χ2v) is 11.7. The molecule has 3 rings (SSSR count). The molecule has 2 unspecified atom stereocenters. The molecular formula is C28H42N2O3. The van der Waals surface area contributed by atoms with E-state index in [1.54, 1.807) is 0 Å². The molecule has 33 heavy (non-hydrogen) atoms. The molecule has 1 aliphatic heterocycles. The highest BCUT2D eigenvalue weighted by atomic mass is 16.5. The van der Waals surface area contributed by atoms with Crippen molar-refractivity contribution in [2.75, 3.05) is 13.2 Å². The molecule has 2 aromatic rings. The van der Waals surface area contributed by atoms with Crippen LogP contribution >= 0.6 is 0 Å². The molecule has 5 nitrogen and oxygen atoms in total. The van der Waals surface area contributed by atoms with Crippen LogP contribution in [0.3, 0.4) is 0 Å². The molecular weight excluding hydrogens is 412 g/mol. The summed E-state index contributed by atoms with van der Waals surface area (Å²) in [4.78, 5) is 0. The van der Waals surface area contributed by atoms with E-state index in [0.29, 0.717) is 37.8 Å². The maximum Gasteiger partial charge on any atom is 0.123 e. The van der Waals surface area contributed by atoms with Crippen LogP contribution in [-0.4, -0.2) is 35.5 Å². The van der Waals surface area contributed by atoms with Gasteiger partial charge in [0.05, 0.1) is 13.2 Å². The predicted molar refractivity (Wildman–Crippen MR) is 135 cm³/mol. The predicted octanol–water partition coefficient (Wildman–Crippen LogP) is 4.96. The number of aryl methyl sites for hydroxylation is 2. The van der Waals surface area contributed by atoms with Crippen LogP contribution in [-0.2, 0) is 28.7 Å². The van der Waals surface area contributed by atoms with Gasteiger partial charge in [0.1, 0.15) is 11.5 Å². The van der Waals surface area contributed by atoms with Crippen molar-refractivity contribution >= 4 is 0 Å². The monoisotopic (exact) mass is 454 g/mol. The lowest BCUT2D eigenvalue weighted by atomic mass is 9.84. The van der Waals surface area contributed by atoms with Gasteiger partial charge < -0.3 is 25.6 Å². The minimum absolute atomic E-state index is 0.118. The van der Waals surface area contributed by atoms with Gasteiger partial charge in [0.15, 0.2) is 0 Å². The van der Waals surface area contributed by atoms with E-state index in [-0.39, 0.29) is 22.9 Å². The largest absolute Gasteiger partial charge is 0.507 e. The first-order chi connectivity index (χ1) is 15.3. The summed E-state index contributed by atoms with van der Waals surface area (Å²) in [5.41, 5.74) is 5.84. The van der Waals surface area contributed by atoms with Gasteiger partial charge >= 0.3 is 0 Å². The average Bonchev–Trinajstić information content (AvgIpc) is 3.14. The SMILES string of the molecule is Cc1cc(CNC2COCC2NCc2cc(C)cc(C(C)(C)C)c2O)c(O)c(C(C)(C)C)c1. The summed E-state index contributed by atoms with van der Waals surface area (Å²) >= 11 is 0. The Bertz CT molecular complexity index is 907. The molecule has 182 valence electrons. The van der Waals surface area contributed by atoms with Gasteiger partial charge in [-0.05, 0) is 35.8 Å². The number of benzene rings is 2. The quantitative estimate of drug-likeness (QED) is 0.497. The van der Waals surface area contributed by atoms with E-state index in [4.69, 9.17) is 4.74 Å². The highest BCUT2D eigenvalue weighted by molar-refractivity contribution is 5.47. The third-order valence-corrected chi connectivity index (χ3v) is 6.47. The van der Waals surface area contributed by atoms with Crippen molar-refractivity contribution in [1.29, 1.82) is 0 Å². The maximum atomic E-state index is 10.9. The van der Waals surface area contributed by atoms with Gasteiger partial charge in [-0.15, -0.1) is 0 Å². The van der Waals surface area contributed by atoms with Crippen LogP contribution in [0.1, 0.15) is 74.9 Å². The Labute approximate surface area is 199 Å². The zero-order chi connectivity index (χ0) is 24.6. The summed E-state index contributed by atoms with van der Waals surface area (Å²) in [7, 11) is 0. The molecule has 2 aromatic carbocycles. The zero-order valence-electron chi connectivity index (χ0n) is 21.6. The van der Waals surface area contributed by atoms with E-state index in [2.05, 4.69) is 90.3 Å². The fourth-order valence-electron chi connectivity index (χ4n) is 4.56. The lowest BCUT2D eigenvalue weighted by Crippen LogP contribution is -2.46. The van der Waals surface area contributed by atoms with Crippen molar-refractivity contribution < 1.29 is 14.9 Å². The lowest BCUT2D eigenvalue weighted by molar-refractivity contribution is 0.185. The number of hydrogen-bond donors (Lipinski definition) is 4. The van der Waals surface area contributed by atoms with Gasteiger partial charge in [-0.1, -0.05) is 76.9 Å². The molecule has 1 heterocycles. The van der Waals surface area contributed by atoms with Gasteiger partial charge in [-0.2, -0.15) is 0 Å². The third kappa shape index (κ3) is 6.08. The molecule has 0 aliphatic carbocycles. The van der Waals surface area contributed by atoms with Crippen molar-refractivity contribution in [3.63, 3.8) is 0 Å². The van der Waals surface area contributed by atoms with Crippen molar-refractivity contribution in [3.05, 3.63) is 57.6 Å². The Morgan fingerprint density at radius 3 is 1.42 bits per heavy atom. The van der Waals surface area contributed by atoms with Gasteiger partial charge in [0.25, 0.3) is 0 Å². The van der Waals surface area contributed by atoms with Gasteiger partial charge in [-0.25, -0.2) is 0 Å². The van der Waals surface area contributed by atoms with Crippen molar-refractivity contribution in [2.24, 2.45) is 0 Å². The third-order valence-electron chi connectivity index (χ3n) is 6.47. The molecule has 0 radical (unpaired) electrons. The Balaban J connectivity index is 1.69. The van der Waals surface area contributed by atoms with Gasteiger partial charge in [0, 0.05) is 36.3 Å². The van der Waals surface area contributed by atoms with E-state index < -0.39 is 0 Å². The summed E-state index contributed by atoms with van der Waals surface area (Å²) in [5.74, 6) is 0.756. The molecule has 0 spiro atoms. The highest BCUT2D eigenvalue weighted by Crippen LogP contribution is 2.35. The van der Waals surface area contributed by atoms with Crippen LogP contribution < -0.4 is 10.6 Å².